The van der Waals surface area contributed by atoms with Crippen molar-refractivity contribution in [2.45, 2.75) is 19.9 Å². The van der Waals surface area contributed by atoms with Crippen molar-refractivity contribution < 1.29 is 8.81 Å². The summed E-state index contributed by atoms with van der Waals surface area (Å²) in [5.74, 6) is 0.269. The second kappa shape index (κ2) is 5.38. The molecule has 0 saturated heterocycles. The zero-order valence-corrected chi connectivity index (χ0v) is 11.7. The summed E-state index contributed by atoms with van der Waals surface area (Å²) in [5.41, 5.74) is 0.500. The third kappa shape index (κ3) is 2.64. The number of hydrogen-bond donors (Lipinski definition) is 1. The van der Waals surface area contributed by atoms with Crippen LogP contribution in [-0.4, -0.2) is 6.54 Å². The van der Waals surface area contributed by atoms with Crippen LogP contribution in [0.5, 0.6) is 0 Å². The third-order valence-corrected chi connectivity index (χ3v) is 3.29. The zero-order chi connectivity index (χ0) is 12.4. The van der Waals surface area contributed by atoms with E-state index in [-0.39, 0.29) is 5.02 Å². The summed E-state index contributed by atoms with van der Waals surface area (Å²) in [5, 5.41) is 3.71. The van der Waals surface area contributed by atoms with E-state index in [0.29, 0.717) is 27.7 Å². The predicted octanol–water partition coefficient (Wildman–Crippen LogP) is 4.49. The lowest BCUT2D eigenvalue weighted by molar-refractivity contribution is 0.512. The Hall–Kier alpha value is -0.580. The second-order valence-corrected chi connectivity index (χ2v) is 5.05. The largest absolute Gasteiger partial charge is 0.458 e. The fourth-order valence-corrected chi connectivity index (χ4v) is 2.49. The van der Waals surface area contributed by atoms with Gasteiger partial charge >= 0.3 is 0 Å². The maximum atomic E-state index is 13.7. The van der Waals surface area contributed by atoms with E-state index in [0.717, 1.165) is 13.0 Å². The molecule has 0 aliphatic rings. The Kier molecular flexibility index (Phi) is 4.07. The van der Waals surface area contributed by atoms with Crippen molar-refractivity contribution in [3.8, 4) is 0 Å². The van der Waals surface area contributed by atoms with Crippen molar-refractivity contribution >= 4 is 38.5 Å². The molecule has 0 saturated carbocycles. The van der Waals surface area contributed by atoms with Gasteiger partial charge in [-0.3, -0.25) is 0 Å². The third-order valence-electron chi connectivity index (χ3n) is 2.43. The highest BCUT2D eigenvalue weighted by Crippen LogP contribution is 2.33. The molecule has 2 rings (SSSR count). The average molecular weight is 321 g/mol. The Morgan fingerprint density at radius 2 is 2.24 bits per heavy atom. The summed E-state index contributed by atoms with van der Waals surface area (Å²) < 4.78 is 20.0. The van der Waals surface area contributed by atoms with Crippen LogP contribution in [0.15, 0.2) is 21.0 Å². The van der Waals surface area contributed by atoms with Gasteiger partial charge in [0.2, 0.25) is 0 Å². The molecule has 2 aromatic rings. The minimum Gasteiger partial charge on any atom is -0.458 e. The molecule has 0 radical (unpaired) electrons. The Balaban J connectivity index is 2.36. The number of furan rings is 1. The van der Waals surface area contributed by atoms with Crippen LogP contribution in [0.2, 0.25) is 5.02 Å². The van der Waals surface area contributed by atoms with E-state index in [4.69, 9.17) is 16.0 Å². The molecule has 0 bridgehead atoms. The van der Waals surface area contributed by atoms with E-state index in [9.17, 15) is 4.39 Å². The molecule has 0 fully saturated rings. The van der Waals surface area contributed by atoms with Crippen molar-refractivity contribution in [2.24, 2.45) is 0 Å². The maximum absolute atomic E-state index is 13.7. The van der Waals surface area contributed by atoms with Crippen LogP contribution in [0.1, 0.15) is 19.1 Å². The molecule has 0 atom stereocenters. The molecule has 1 heterocycles. The molecule has 17 heavy (non-hydrogen) atoms. The standard InChI is InChI=1S/C12H12BrClFNO/c1-2-3-16-6-7-4-8-11(15)10(14)5-9(13)12(8)17-7/h4-5,16H,2-3,6H2,1H3. The van der Waals surface area contributed by atoms with E-state index < -0.39 is 5.82 Å². The molecule has 1 aromatic carbocycles. The molecule has 0 amide bonds. The van der Waals surface area contributed by atoms with Crippen LogP contribution < -0.4 is 5.32 Å². The van der Waals surface area contributed by atoms with Crippen molar-refractivity contribution in [1.82, 2.24) is 5.32 Å². The van der Waals surface area contributed by atoms with E-state index in [1.807, 2.05) is 0 Å². The lowest BCUT2D eigenvalue weighted by atomic mass is 10.2. The number of hydrogen-bond acceptors (Lipinski definition) is 2. The number of fused-ring (bicyclic) bond motifs is 1. The zero-order valence-electron chi connectivity index (χ0n) is 9.32. The molecule has 0 unspecified atom stereocenters. The lowest BCUT2D eigenvalue weighted by Crippen LogP contribution is -2.12. The van der Waals surface area contributed by atoms with E-state index in [1.54, 1.807) is 6.07 Å². The Morgan fingerprint density at radius 3 is 2.94 bits per heavy atom. The van der Waals surface area contributed by atoms with Gasteiger partial charge in [-0.1, -0.05) is 18.5 Å². The van der Waals surface area contributed by atoms with Crippen LogP contribution in [0.3, 0.4) is 0 Å². The van der Waals surface area contributed by atoms with Gasteiger partial charge in [-0.2, -0.15) is 0 Å². The summed E-state index contributed by atoms with van der Waals surface area (Å²) in [6.45, 7) is 3.58. The first-order valence-corrected chi connectivity index (χ1v) is 6.57. The quantitative estimate of drug-likeness (QED) is 0.663. The fraction of sp³-hybridized carbons (Fsp3) is 0.333. The summed E-state index contributed by atoms with van der Waals surface area (Å²) in [7, 11) is 0. The minimum absolute atomic E-state index is 0.0956. The molecule has 1 N–H and O–H groups in total. The molecule has 0 spiro atoms. The van der Waals surface area contributed by atoms with Crippen molar-refractivity contribution in [1.29, 1.82) is 0 Å². The van der Waals surface area contributed by atoms with Gasteiger partial charge in [0.25, 0.3) is 0 Å². The average Bonchev–Trinajstić information content (AvgIpc) is 2.71. The monoisotopic (exact) mass is 319 g/mol. The van der Waals surface area contributed by atoms with Crippen molar-refractivity contribution in [2.75, 3.05) is 6.54 Å². The Bertz CT molecular complexity index is 541. The maximum Gasteiger partial charge on any atom is 0.152 e. The molecule has 0 aliphatic heterocycles. The molecular weight excluding hydrogens is 308 g/mol. The molecule has 5 heteroatoms. The van der Waals surface area contributed by atoms with Gasteiger partial charge < -0.3 is 9.73 Å². The Labute approximate surface area is 112 Å². The lowest BCUT2D eigenvalue weighted by Gasteiger charge is -1.98. The van der Waals surface area contributed by atoms with Crippen molar-refractivity contribution in [3.63, 3.8) is 0 Å². The molecule has 2 nitrogen and oxygen atoms in total. The van der Waals surface area contributed by atoms with Gasteiger partial charge in [-0.15, -0.1) is 0 Å². The first-order valence-electron chi connectivity index (χ1n) is 5.40. The molecular formula is C12H12BrClFNO. The van der Waals surface area contributed by atoms with Gasteiger partial charge in [0, 0.05) is 0 Å². The van der Waals surface area contributed by atoms with Gasteiger partial charge in [-0.25, -0.2) is 4.39 Å². The predicted molar refractivity (Wildman–Crippen MR) is 70.9 cm³/mol. The van der Waals surface area contributed by atoms with Crippen LogP contribution in [-0.2, 0) is 6.54 Å². The highest BCUT2D eigenvalue weighted by atomic mass is 79.9. The van der Waals surface area contributed by atoms with Gasteiger partial charge in [0.05, 0.1) is 21.4 Å². The molecule has 1 aromatic heterocycles. The number of halogens is 3. The highest BCUT2D eigenvalue weighted by molar-refractivity contribution is 9.10. The topological polar surface area (TPSA) is 25.2 Å². The number of rotatable bonds is 4. The highest BCUT2D eigenvalue weighted by Gasteiger charge is 2.14. The SMILES string of the molecule is CCCNCc1cc2c(F)c(Cl)cc(Br)c2o1. The fourth-order valence-electron chi connectivity index (χ4n) is 1.63. The van der Waals surface area contributed by atoms with Gasteiger partial charge in [0.1, 0.15) is 5.76 Å². The van der Waals surface area contributed by atoms with Crippen LogP contribution >= 0.6 is 27.5 Å². The summed E-state index contributed by atoms with van der Waals surface area (Å²) in [6, 6.07) is 3.19. The number of nitrogens with one attached hydrogen (secondary N) is 1. The van der Waals surface area contributed by atoms with Crippen LogP contribution in [0, 0.1) is 5.82 Å². The summed E-state index contributed by atoms with van der Waals surface area (Å²) in [4.78, 5) is 0. The minimum atomic E-state index is -0.435. The molecule has 0 aliphatic carbocycles. The second-order valence-electron chi connectivity index (χ2n) is 3.79. The van der Waals surface area contributed by atoms with Gasteiger partial charge in [-0.05, 0) is 41.0 Å². The summed E-state index contributed by atoms with van der Waals surface area (Å²) in [6.07, 6.45) is 1.05. The van der Waals surface area contributed by atoms with Crippen molar-refractivity contribution in [3.05, 3.63) is 33.2 Å². The summed E-state index contributed by atoms with van der Waals surface area (Å²) >= 11 is 9.08. The smallest absolute Gasteiger partial charge is 0.152 e. The number of benzene rings is 1. The van der Waals surface area contributed by atoms with Crippen LogP contribution in [0.4, 0.5) is 4.39 Å². The van der Waals surface area contributed by atoms with Gasteiger partial charge in [0.15, 0.2) is 11.4 Å². The molecule has 92 valence electrons. The first-order chi connectivity index (χ1) is 8.13. The van der Waals surface area contributed by atoms with E-state index >= 15 is 0 Å². The van der Waals surface area contributed by atoms with Crippen LogP contribution in [0.25, 0.3) is 11.0 Å². The first kappa shape index (κ1) is 12.9. The Morgan fingerprint density at radius 1 is 1.47 bits per heavy atom. The van der Waals surface area contributed by atoms with E-state index in [1.165, 1.54) is 6.07 Å². The normalized spacial score (nSPS) is 11.3. The van der Waals surface area contributed by atoms with E-state index in [2.05, 4.69) is 28.2 Å².